The first-order chi connectivity index (χ1) is 10.00. The van der Waals surface area contributed by atoms with E-state index in [1.807, 2.05) is 0 Å². The minimum Gasteiger partial charge on any atom is -0.465 e. The molecule has 0 aromatic heterocycles. The van der Waals surface area contributed by atoms with Gasteiger partial charge in [0.05, 0.1) is 13.2 Å². The van der Waals surface area contributed by atoms with Crippen LogP contribution in [-0.2, 0) is 24.5 Å². The van der Waals surface area contributed by atoms with Gasteiger partial charge in [-0.3, -0.25) is 9.59 Å². The van der Waals surface area contributed by atoms with Crippen LogP contribution in [0.1, 0.15) is 26.3 Å². The zero-order valence-corrected chi connectivity index (χ0v) is 12.2. The van der Waals surface area contributed by atoms with E-state index in [1.54, 1.807) is 20.1 Å². The number of rotatable bonds is 6. The van der Waals surface area contributed by atoms with Crippen molar-refractivity contribution in [3.05, 3.63) is 29.8 Å². The molecule has 0 heterocycles. The maximum Gasteiger partial charge on any atom is 0.327 e. The third-order valence-electron chi connectivity index (χ3n) is 2.96. The number of hydrogen-bond donors (Lipinski definition) is 0. The Labute approximate surface area is 123 Å². The summed E-state index contributed by atoms with van der Waals surface area (Å²) in [5.74, 6) is -1.05. The summed E-state index contributed by atoms with van der Waals surface area (Å²) in [6, 6.07) is 6.05. The quantitative estimate of drug-likeness (QED) is 0.452. The number of nitrogens with zero attached hydrogens (tertiary/aromatic N) is 1. The second-order valence-electron chi connectivity index (χ2n) is 4.28. The van der Waals surface area contributed by atoms with E-state index in [0.29, 0.717) is 11.3 Å². The van der Waals surface area contributed by atoms with Crippen LogP contribution in [0, 0.1) is 11.5 Å². The summed E-state index contributed by atoms with van der Waals surface area (Å²) in [6.45, 7) is 5.08. The summed E-state index contributed by atoms with van der Waals surface area (Å²) >= 11 is 0. The fourth-order valence-electron chi connectivity index (χ4n) is 1.78. The number of benzene rings is 1. The van der Waals surface area contributed by atoms with Crippen molar-refractivity contribution < 1.29 is 23.8 Å². The van der Waals surface area contributed by atoms with Gasteiger partial charge in [0.2, 0.25) is 0 Å². The summed E-state index contributed by atoms with van der Waals surface area (Å²) in [6.07, 6.45) is 1.55. The Bertz CT molecular complexity index is 526. The van der Waals surface area contributed by atoms with E-state index in [0.717, 1.165) is 0 Å². The van der Waals surface area contributed by atoms with Crippen LogP contribution >= 0.6 is 0 Å². The van der Waals surface area contributed by atoms with E-state index in [9.17, 15) is 9.59 Å². The Morgan fingerprint density at radius 1 is 1.10 bits per heavy atom. The summed E-state index contributed by atoms with van der Waals surface area (Å²) in [7, 11) is 0. The molecule has 0 amide bonds. The third kappa shape index (κ3) is 3.51. The molecule has 6 nitrogen and oxygen atoms in total. The highest BCUT2D eigenvalue weighted by atomic mass is 16.6. The van der Waals surface area contributed by atoms with Crippen LogP contribution < -0.4 is 4.74 Å². The number of hydrogen-bond acceptors (Lipinski definition) is 6. The van der Waals surface area contributed by atoms with Gasteiger partial charge in [-0.05, 0) is 38.5 Å². The van der Waals surface area contributed by atoms with Crippen LogP contribution in [0.2, 0.25) is 0 Å². The summed E-state index contributed by atoms with van der Waals surface area (Å²) < 4.78 is 14.6. The van der Waals surface area contributed by atoms with Crippen LogP contribution in [0.25, 0.3) is 0 Å². The molecular weight excluding hydrogens is 274 g/mol. The number of nitriles is 1. The van der Waals surface area contributed by atoms with E-state index in [4.69, 9.17) is 14.7 Å². The summed E-state index contributed by atoms with van der Waals surface area (Å²) in [5, 5.41) is 8.44. The second-order valence-corrected chi connectivity index (χ2v) is 4.28. The average Bonchev–Trinajstić information content (AvgIpc) is 2.48. The van der Waals surface area contributed by atoms with E-state index >= 15 is 0 Å². The van der Waals surface area contributed by atoms with Crippen LogP contribution in [-0.4, -0.2) is 25.2 Å². The lowest BCUT2D eigenvalue weighted by Gasteiger charge is -2.25. The minimum atomic E-state index is -1.56. The van der Waals surface area contributed by atoms with E-state index in [-0.39, 0.29) is 13.2 Å². The van der Waals surface area contributed by atoms with Crippen molar-refractivity contribution in [2.24, 2.45) is 0 Å². The molecule has 0 aliphatic heterocycles. The van der Waals surface area contributed by atoms with Gasteiger partial charge in [-0.1, -0.05) is 12.1 Å². The Kier molecular flexibility index (Phi) is 5.73. The van der Waals surface area contributed by atoms with E-state index in [1.165, 1.54) is 31.2 Å². The Morgan fingerprint density at radius 2 is 1.57 bits per heavy atom. The Balaban J connectivity index is 3.20. The molecule has 0 bridgehead atoms. The molecule has 0 spiro atoms. The van der Waals surface area contributed by atoms with Crippen molar-refractivity contribution in [3.8, 4) is 12.0 Å². The fourth-order valence-corrected chi connectivity index (χ4v) is 1.78. The zero-order chi connectivity index (χ0) is 15.9. The monoisotopic (exact) mass is 291 g/mol. The van der Waals surface area contributed by atoms with Gasteiger partial charge >= 0.3 is 11.9 Å². The Hall–Kier alpha value is -2.55. The van der Waals surface area contributed by atoms with Gasteiger partial charge in [-0.25, -0.2) is 0 Å². The van der Waals surface area contributed by atoms with Gasteiger partial charge in [0.1, 0.15) is 5.75 Å². The van der Waals surface area contributed by atoms with Crippen LogP contribution in [0.5, 0.6) is 5.75 Å². The molecule has 1 aromatic rings. The molecule has 0 N–H and O–H groups in total. The predicted molar refractivity (Wildman–Crippen MR) is 73.3 cm³/mol. The minimum absolute atomic E-state index is 0.156. The molecule has 0 aliphatic carbocycles. The van der Waals surface area contributed by atoms with E-state index < -0.39 is 17.4 Å². The van der Waals surface area contributed by atoms with Crippen LogP contribution in [0.15, 0.2) is 24.3 Å². The summed E-state index contributed by atoms with van der Waals surface area (Å²) in [5.41, 5.74) is -1.15. The average molecular weight is 291 g/mol. The maximum atomic E-state index is 12.2. The lowest BCUT2D eigenvalue weighted by Crippen LogP contribution is -2.43. The highest BCUT2D eigenvalue weighted by Gasteiger charge is 2.46. The molecule has 0 radical (unpaired) electrons. The largest absolute Gasteiger partial charge is 0.465 e. The SMILES string of the molecule is CCOC(=O)C(C)(C(=O)OCC)c1ccc(OC#N)cc1. The maximum absolute atomic E-state index is 12.2. The van der Waals surface area contributed by atoms with Crippen molar-refractivity contribution in [1.29, 1.82) is 5.26 Å². The van der Waals surface area contributed by atoms with Gasteiger partial charge in [-0.2, -0.15) is 0 Å². The summed E-state index contributed by atoms with van der Waals surface area (Å²) in [4.78, 5) is 24.4. The molecule has 0 unspecified atom stereocenters. The molecule has 112 valence electrons. The first-order valence-corrected chi connectivity index (χ1v) is 6.51. The smallest absolute Gasteiger partial charge is 0.327 e. The van der Waals surface area contributed by atoms with Crippen LogP contribution in [0.4, 0.5) is 0 Å². The molecule has 21 heavy (non-hydrogen) atoms. The van der Waals surface area contributed by atoms with E-state index in [2.05, 4.69) is 4.74 Å². The topological polar surface area (TPSA) is 85.6 Å². The van der Waals surface area contributed by atoms with Gasteiger partial charge in [0, 0.05) is 0 Å². The van der Waals surface area contributed by atoms with Crippen LogP contribution in [0.3, 0.4) is 0 Å². The van der Waals surface area contributed by atoms with Gasteiger partial charge in [0.15, 0.2) is 5.41 Å². The van der Waals surface area contributed by atoms with Gasteiger partial charge in [0.25, 0.3) is 6.26 Å². The number of ether oxygens (including phenoxy) is 3. The third-order valence-corrected chi connectivity index (χ3v) is 2.96. The molecular formula is C15H17NO5. The Morgan fingerprint density at radius 3 is 1.95 bits per heavy atom. The van der Waals surface area contributed by atoms with Crippen molar-refractivity contribution in [2.45, 2.75) is 26.2 Å². The van der Waals surface area contributed by atoms with Gasteiger partial charge < -0.3 is 14.2 Å². The lowest BCUT2D eigenvalue weighted by molar-refractivity contribution is -0.163. The first kappa shape index (κ1) is 16.5. The normalized spacial score (nSPS) is 10.4. The standard InChI is InChI=1S/C15H17NO5/c1-4-19-13(17)15(3,14(18)20-5-2)11-6-8-12(9-7-11)21-10-16/h6-9H,4-5H2,1-3H3. The molecule has 1 rings (SSSR count). The number of esters is 2. The van der Waals surface area contributed by atoms with Crippen molar-refractivity contribution in [2.75, 3.05) is 13.2 Å². The molecule has 6 heteroatoms. The molecule has 0 saturated carbocycles. The van der Waals surface area contributed by atoms with Crippen molar-refractivity contribution in [1.82, 2.24) is 0 Å². The number of carbonyl (C=O) groups excluding carboxylic acids is 2. The first-order valence-electron chi connectivity index (χ1n) is 6.51. The zero-order valence-electron chi connectivity index (χ0n) is 12.2. The predicted octanol–water partition coefficient (Wildman–Crippen LogP) is 1.93. The fraction of sp³-hybridized carbons (Fsp3) is 0.400. The molecule has 0 saturated heterocycles. The number of carbonyl (C=O) groups is 2. The molecule has 0 aliphatic rings. The highest BCUT2D eigenvalue weighted by Crippen LogP contribution is 2.29. The second kappa shape index (κ2) is 7.29. The highest BCUT2D eigenvalue weighted by molar-refractivity contribution is 6.05. The molecule has 0 fully saturated rings. The van der Waals surface area contributed by atoms with Crippen molar-refractivity contribution >= 4 is 11.9 Å². The lowest BCUT2D eigenvalue weighted by atomic mass is 9.82. The van der Waals surface area contributed by atoms with Gasteiger partial charge in [-0.15, -0.1) is 5.26 Å². The van der Waals surface area contributed by atoms with Crippen molar-refractivity contribution in [3.63, 3.8) is 0 Å². The molecule has 0 atom stereocenters. The molecule has 1 aromatic carbocycles.